The quantitative estimate of drug-likeness (QED) is 0.0757. The third kappa shape index (κ3) is 8.79. The second kappa shape index (κ2) is 22.4. The topological polar surface area (TPSA) is 128 Å². The third-order valence-electron chi connectivity index (χ3n) is 18.5. The molecule has 0 atom stereocenters. The average Bonchev–Trinajstić information content (AvgIpc) is 1.50. The van der Waals surface area contributed by atoms with Crippen LogP contribution in [0.15, 0.2) is 192 Å². The highest BCUT2D eigenvalue weighted by molar-refractivity contribution is 7.25. The van der Waals surface area contributed by atoms with E-state index < -0.39 is 34.0 Å². The molecule has 94 heavy (non-hydrogen) atoms. The summed E-state index contributed by atoms with van der Waals surface area (Å²) < 4.78 is 42.1. The van der Waals surface area contributed by atoms with Crippen LogP contribution in [0, 0.1) is 79.9 Å². The van der Waals surface area contributed by atoms with E-state index in [1.807, 2.05) is 30.3 Å². The van der Waals surface area contributed by atoms with Crippen molar-refractivity contribution in [3.05, 3.63) is 314 Å². The fourth-order valence-electron chi connectivity index (χ4n) is 14.2. The first kappa shape index (κ1) is 59.4. The van der Waals surface area contributed by atoms with Gasteiger partial charge >= 0.3 is 0 Å². The van der Waals surface area contributed by atoms with Crippen LogP contribution >= 0.6 is 45.3 Å². The molecule has 11 aromatic rings. The van der Waals surface area contributed by atoms with Gasteiger partial charge in [-0.15, -0.1) is 45.3 Å². The number of rotatable bonds is 10. The molecule has 7 aromatic carbocycles. The van der Waals surface area contributed by atoms with Crippen molar-refractivity contribution in [1.82, 2.24) is 0 Å². The number of nitrogens with zero attached hydrogens (tertiary/aromatic N) is 4. The van der Waals surface area contributed by atoms with Gasteiger partial charge in [-0.1, -0.05) is 119 Å². The average molecular weight is 1300 g/mol. The number of hydrogen-bond donors (Lipinski definition) is 0. The molecule has 0 bridgehead atoms. The van der Waals surface area contributed by atoms with Crippen LogP contribution in [0.4, 0.5) is 8.78 Å². The molecule has 4 aliphatic rings. The predicted octanol–water partition coefficient (Wildman–Crippen LogP) is 20.0. The Hall–Kier alpha value is -10.9. The summed E-state index contributed by atoms with van der Waals surface area (Å²) in [4.78, 5) is 38.8. The maximum atomic E-state index is 14.8. The van der Waals surface area contributed by atoms with Crippen LogP contribution in [0.25, 0.3) is 68.5 Å². The van der Waals surface area contributed by atoms with Crippen molar-refractivity contribution in [3.63, 3.8) is 0 Å². The summed E-state index contributed by atoms with van der Waals surface area (Å²) in [6.45, 7) is 16.3. The Kier molecular flexibility index (Phi) is 14.2. The monoisotopic (exact) mass is 1290 g/mol. The van der Waals surface area contributed by atoms with Gasteiger partial charge in [-0.05, 0) is 179 Å². The van der Waals surface area contributed by atoms with Crippen LogP contribution in [0.3, 0.4) is 0 Å². The summed E-state index contributed by atoms with van der Waals surface area (Å²) in [5.74, 6) is -0.869. The maximum absolute atomic E-state index is 14.8. The van der Waals surface area contributed by atoms with Crippen LogP contribution in [-0.4, -0.2) is 25.8 Å². The van der Waals surface area contributed by atoms with E-state index in [1.54, 1.807) is 49.0 Å². The number of methoxy groups -OCH3 is 2. The molecular weight excluding hydrogens is 1250 g/mol. The number of ether oxygens (including phenoxy) is 2. The van der Waals surface area contributed by atoms with E-state index in [0.717, 1.165) is 107 Å². The van der Waals surface area contributed by atoms with E-state index >= 15 is 0 Å². The molecule has 4 heterocycles. The van der Waals surface area contributed by atoms with Crippen molar-refractivity contribution in [2.45, 2.75) is 38.5 Å². The molecule has 8 nitrogen and oxygen atoms in total. The summed E-state index contributed by atoms with van der Waals surface area (Å²) in [7, 11) is 3.23. The van der Waals surface area contributed by atoms with Gasteiger partial charge in [0.05, 0.1) is 47.4 Å². The van der Waals surface area contributed by atoms with Gasteiger partial charge in [0.2, 0.25) is 0 Å². The molecule has 0 radical (unpaired) electrons. The zero-order chi connectivity index (χ0) is 65.2. The van der Waals surface area contributed by atoms with Gasteiger partial charge in [-0.25, -0.2) is 18.9 Å². The Morgan fingerprint density at radius 2 is 0.819 bits per heavy atom. The SMILES string of the molecule is [C-]#[N+]/C(C#N)=C1/C(=C/c2cc(OC)c(-c3cc4c(s3)-c3cc5c(cc3C4(c3ccc(C)cc3)c3ccc(C)cc3)-c3sc(-c4sc(/C=C6\C(=O)c7ccc(F)cc7C6=C(C#N)C#N)cc4OC)cc3C5(c3ccc(C)cc3)c3ccc(C)cc3)s2)C(=O)c2ccc(F)cc21. The normalized spacial score (nSPS) is 15.6. The number of benzene rings is 7. The number of aryl methyl sites for hydroxylation is 4. The van der Waals surface area contributed by atoms with Crippen molar-refractivity contribution in [3.8, 4) is 70.1 Å². The van der Waals surface area contributed by atoms with Gasteiger partial charge in [-0.3, -0.25) is 9.59 Å². The number of allylic oxidation sites excluding steroid dienone is 6. The minimum atomic E-state index is -0.888. The Morgan fingerprint density at radius 3 is 1.17 bits per heavy atom. The first-order valence-electron chi connectivity index (χ1n) is 29.9. The number of Topliss-reactive ketones (excluding diaryl/α,β-unsaturated/α-hetero) is 2. The summed E-state index contributed by atoms with van der Waals surface area (Å²) in [5.41, 5.74) is 14.1. The Bertz CT molecular complexity index is 5020. The van der Waals surface area contributed by atoms with E-state index in [-0.39, 0.29) is 55.8 Å². The number of ketones is 2. The number of carbonyl (C=O) groups excluding carboxylic acids is 2. The molecule has 0 aliphatic heterocycles. The largest absolute Gasteiger partial charge is 0.495 e. The second-order valence-electron chi connectivity index (χ2n) is 23.8. The Morgan fingerprint density at radius 1 is 0.447 bits per heavy atom. The third-order valence-corrected chi connectivity index (χ3v) is 23.3. The molecule has 15 rings (SSSR count). The van der Waals surface area contributed by atoms with Gasteiger partial charge in [0, 0.05) is 62.7 Å². The summed E-state index contributed by atoms with van der Waals surface area (Å²) >= 11 is 6.20. The van der Waals surface area contributed by atoms with Gasteiger partial charge in [0.25, 0.3) is 5.70 Å². The number of thiophene rings is 4. The van der Waals surface area contributed by atoms with Crippen molar-refractivity contribution in [2.75, 3.05) is 14.2 Å². The highest BCUT2D eigenvalue weighted by atomic mass is 32.1. The van der Waals surface area contributed by atoms with Crippen LogP contribution in [0.5, 0.6) is 11.5 Å². The first-order chi connectivity index (χ1) is 45.5. The van der Waals surface area contributed by atoms with Gasteiger partial charge in [0.15, 0.2) is 11.6 Å². The maximum Gasteiger partial charge on any atom is 0.270 e. The summed E-state index contributed by atoms with van der Waals surface area (Å²) in [6, 6.07) is 61.9. The van der Waals surface area contributed by atoms with E-state index in [1.165, 1.54) is 59.1 Å². The molecule has 4 aliphatic carbocycles. The molecular formula is C80H48F2N4O4S4. The smallest absolute Gasteiger partial charge is 0.270 e. The fourth-order valence-corrected chi connectivity index (χ4v) is 19.1. The molecule has 0 amide bonds. The van der Waals surface area contributed by atoms with Gasteiger partial charge in [0.1, 0.15) is 40.8 Å². The van der Waals surface area contributed by atoms with Crippen LogP contribution < -0.4 is 9.47 Å². The van der Waals surface area contributed by atoms with Gasteiger partial charge in [-0.2, -0.15) is 10.5 Å². The fraction of sp³-hybridized carbons (Fsp3) is 0.100. The van der Waals surface area contributed by atoms with E-state index in [0.29, 0.717) is 21.3 Å². The number of fused-ring (bicyclic) bond motifs is 8. The lowest BCUT2D eigenvalue weighted by Crippen LogP contribution is -2.30. The molecule has 0 saturated heterocycles. The first-order valence-corrected chi connectivity index (χ1v) is 33.2. The molecule has 14 heteroatoms. The molecule has 0 saturated carbocycles. The Labute approximate surface area is 556 Å². The minimum absolute atomic E-state index is 0.0952. The summed E-state index contributed by atoms with van der Waals surface area (Å²) in [5, 5.41) is 30.5. The molecule has 0 fully saturated rings. The van der Waals surface area contributed by atoms with Crippen LogP contribution in [-0.2, 0) is 10.8 Å². The van der Waals surface area contributed by atoms with E-state index in [9.17, 15) is 34.2 Å². The van der Waals surface area contributed by atoms with Crippen molar-refractivity contribution in [1.29, 1.82) is 15.8 Å². The molecule has 0 unspecified atom stereocenters. The molecule has 450 valence electrons. The van der Waals surface area contributed by atoms with Crippen LogP contribution in [0.1, 0.15) is 108 Å². The highest BCUT2D eigenvalue weighted by Gasteiger charge is 2.53. The minimum Gasteiger partial charge on any atom is -0.495 e. The number of nitriles is 3. The van der Waals surface area contributed by atoms with Crippen LogP contribution in [0.2, 0.25) is 0 Å². The van der Waals surface area contributed by atoms with E-state index in [4.69, 9.17) is 16.0 Å². The lowest BCUT2D eigenvalue weighted by Gasteiger charge is -2.35. The number of hydrogen-bond acceptors (Lipinski definition) is 11. The lowest BCUT2D eigenvalue weighted by molar-refractivity contribution is 0.103. The number of carbonyl (C=O) groups is 2. The molecule has 0 spiro atoms. The Balaban J connectivity index is 0.976. The zero-order valence-electron chi connectivity index (χ0n) is 51.1. The van der Waals surface area contributed by atoms with Gasteiger partial charge < -0.3 is 9.47 Å². The second-order valence-corrected chi connectivity index (χ2v) is 28.1. The molecule has 0 N–H and O–H groups in total. The van der Waals surface area contributed by atoms with E-state index in [2.05, 4.69) is 154 Å². The van der Waals surface area contributed by atoms with Crippen molar-refractivity contribution in [2.24, 2.45) is 0 Å². The van der Waals surface area contributed by atoms with Crippen molar-refractivity contribution >= 4 is 80.2 Å². The standard InChI is InChI=1S/C80H48F2N4O4S4/c1-41-8-16-46(17-9-41)79(47-18-10-42(2)11-19-47)62-35-59-63(34-58(62)75-64(79)36-69(93-75)77-67(89-6)32-52(91-77)30-60-71(45(38-83)39-84)56-28-50(81)24-26-54(56)73(60)87)80(48-20-12-43(3)13-21-48,49-22-14-44(4)15-23-49)65-37-70(94-76(59)65)78-68(90-7)33-53(92-78)31-61-72(66(40-85)86-5)57-29-51(82)25-27-55(57)74(61)88/h8-37H,1-4,6-7H3/b60-30-,61-31-,72-66+. The predicted molar refractivity (Wildman–Crippen MR) is 370 cm³/mol. The number of halogens is 2. The lowest BCUT2D eigenvalue weighted by atomic mass is 9.65. The summed E-state index contributed by atoms with van der Waals surface area (Å²) in [6.07, 6.45) is 3.36. The zero-order valence-corrected chi connectivity index (χ0v) is 54.4. The van der Waals surface area contributed by atoms with Crippen molar-refractivity contribution < 1.29 is 27.8 Å². The molecule has 4 aromatic heterocycles. The highest BCUT2D eigenvalue weighted by Crippen LogP contribution is 2.67.